The Balaban J connectivity index is 1.84. The number of hydrogen-bond acceptors (Lipinski definition) is 3. The van der Waals surface area contributed by atoms with Gasteiger partial charge in [-0.3, -0.25) is 9.59 Å². The van der Waals surface area contributed by atoms with Crippen molar-refractivity contribution in [1.82, 2.24) is 5.32 Å². The zero-order chi connectivity index (χ0) is 17.5. The molecule has 2 rings (SSSR count). The number of carbonyl (C=O) groups excluding carboxylic acids is 2. The van der Waals surface area contributed by atoms with E-state index in [1.165, 1.54) is 0 Å². The summed E-state index contributed by atoms with van der Waals surface area (Å²) in [4.78, 5) is 24.1. The van der Waals surface area contributed by atoms with Gasteiger partial charge in [-0.15, -0.1) is 0 Å². The van der Waals surface area contributed by atoms with E-state index in [1.807, 2.05) is 50.2 Å². The minimum Gasteiger partial charge on any atom is -0.392 e. The SMILES string of the molecule is Cc1ccc(C(=O)CCC(=O)NCc2ccccc2CO)cc1C. The Morgan fingerprint density at radius 1 is 0.958 bits per heavy atom. The standard InChI is InChI=1S/C20H23NO3/c1-14-7-8-16(11-15(14)2)19(23)9-10-20(24)21-12-17-5-3-4-6-18(17)13-22/h3-8,11,22H,9-10,12-13H2,1-2H3,(H,21,24). The van der Waals surface area contributed by atoms with E-state index in [0.29, 0.717) is 12.1 Å². The molecule has 0 heterocycles. The van der Waals surface area contributed by atoms with E-state index < -0.39 is 0 Å². The van der Waals surface area contributed by atoms with E-state index in [4.69, 9.17) is 0 Å². The number of ketones is 1. The van der Waals surface area contributed by atoms with Crippen molar-refractivity contribution >= 4 is 11.7 Å². The quantitative estimate of drug-likeness (QED) is 0.769. The van der Waals surface area contributed by atoms with E-state index in [9.17, 15) is 14.7 Å². The first-order valence-electron chi connectivity index (χ1n) is 8.06. The van der Waals surface area contributed by atoms with Gasteiger partial charge in [0.05, 0.1) is 6.61 Å². The second-order valence-electron chi connectivity index (χ2n) is 5.93. The Hall–Kier alpha value is -2.46. The molecule has 0 aliphatic rings. The van der Waals surface area contributed by atoms with Crippen molar-refractivity contribution in [3.05, 3.63) is 70.3 Å². The number of benzene rings is 2. The van der Waals surface area contributed by atoms with Gasteiger partial charge in [-0.25, -0.2) is 0 Å². The summed E-state index contributed by atoms with van der Waals surface area (Å²) in [5.74, 6) is -0.191. The van der Waals surface area contributed by atoms with Gasteiger partial charge >= 0.3 is 0 Å². The molecule has 0 bridgehead atoms. The third-order valence-electron chi connectivity index (χ3n) is 4.17. The number of aliphatic hydroxyl groups is 1. The zero-order valence-electron chi connectivity index (χ0n) is 14.1. The molecule has 4 heteroatoms. The molecule has 0 saturated heterocycles. The highest BCUT2D eigenvalue weighted by Crippen LogP contribution is 2.13. The number of carbonyl (C=O) groups is 2. The van der Waals surface area contributed by atoms with Crippen molar-refractivity contribution in [1.29, 1.82) is 0 Å². The normalized spacial score (nSPS) is 10.5. The van der Waals surface area contributed by atoms with Gasteiger partial charge in [0.2, 0.25) is 5.91 Å². The summed E-state index contributed by atoms with van der Waals surface area (Å²) in [7, 11) is 0. The fourth-order valence-electron chi connectivity index (χ4n) is 2.45. The molecular formula is C20H23NO3. The third kappa shape index (κ3) is 4.77. The summed E-state index contributed by atoms with van der Waals surface area (Å²) < 4.78 is 0. The predicted octanol–water partition coefficient (Wildman–Crippen LogP) is 3.08. The number of Topliss-reactive ketones (excluding diaryl/α,β-unsaturated/α-hetero) is 1. The summed E-state index contributed by atoms with van der Waals surface area (Å²) in [6, 6.07) is 13.0. The number of hydrogen-bond donors (Lipinski definition) is 2. The number of rotatable bonds is 7. The molecule has 0 saturated carbocycles. The van der Waals surface area contributed by atoms with Gasteiger partial charge in [-0.2, -0.15) is 0 Å². The number of amides is 1. The fraction of sp³-hybridized carbons (Fsp3) is 0.300. The molecule has 0 fully saturated rings. The van der Waals surface area contributed by atoms with E-state index in [-0.39, 0.29) is 31.1 Å². The van der Waals surface area contributed by atoms with Crippen LogP contribution in [0, 0.1) is 13.8 Å². The van der Waals surface area contributed by atoms with Crippen molar-refractivity contribution in [2.24, 2.45) is 0 Å². The number of aliphatic hydroxyl groups excluding tert-OH is 1. The minimum absolute atomic E-state index is 0.0241. The zero-order valence-corrected chi connectivity index (χ0v) is 14.1. The molecule has 24 heavy (non-hydrogen) atoms. The highest BCUT2D eigenvalue weighted by Gasteiger charge is 2.10. The molecular weight excluding hydrogens is 302 g/mol. The Labute approximate surface area is 142 Å². The van der Waals surface area contributed by atoms with E-state index in [0.717, 1.165) is 22.3 Å². The van der Waals surface area contributed by atoms with Gasteiger partial charge in [0.1, 0.15) is 0 Å². The molecule has 0 unspecified atom stereocenters. The molecule has 0 radical (unpaired) electrons. The van der Waals surface area contributed by atoms with Gasteiger partial charge in [0.25, 0.3) is 0 Å². The van der Waals surface area contributed by atoms with Crippen LogP contribution in [0.4, 0.5) is 0 Å². The first-order chi connectivity index (χ1) is 11.5. The smallest absolute Gasteiger partial charge is 0.220 e. The second-order valence-corrected chi connectivity index (χ2v) is 5.93. The lowest BCUT2D eigenvalue weighted by atomic mass is 10.0. The first kappa shape index (κ1) is 17.9. The van der Waals surface area contributed by atoms with Crippen molar-refractivity contribution < 1.29 is 14.7 Å². The average molecular weight is 325 g/mol. The Bertz CT molecular complexity index is 737. The lowest BCUT2D eigenvalue weighted by Gasteiger charge is -2.09. The van der Waals surface area contributed by atoms with Gasteiger partial charge in [0, 0.05) is 24.9 Å². The van der Waals surface area contributed by atoms with Gasteiger partial charge in [0.15, 0.2) is 5.78 Å². The van der Waals surface area contributed by atoms with Crippen LogP contribution < -0.4 is 5.32 Å². The first-order valence-corrected chi connectivity index (χ1v) is 8.06. The van der Waals surface area contributed by atoms with Crippen LogP contribution in [0.5, 0.6) is 0 Å². The Morgan fingerprint density at radius 2 is 1.67 bits per heavy atom. The average Bonchev–Trinajstić information content (AvgIpc) is 2.60. The molecule has 2 aromatic rings. The highest BCUT2D eigenvalue weighted by atomic mass is 16.3. The van der Waals surface area contributed by atoms with Gasteiger partial charge in [-0.05, 0) is 42.2 Å². The van der Waals surface area contributed by atoms with Crippen LogP contribution in [0.25, 0.3) is 0 Å². The molecule has 2 N–H and O–H groups in total. The highest BCUT2D eigenvalue weighted by molar-refractivity contribution is 5.98. The third-order valence-corrected chi connectivity index (χ3v) is 4.17. The van der Waals surface area contributed by atoms with Crippen molar-refractivity contribution in [3.8, 4) is 0 Å². The monoisotopic (exact) mass is 325 g/mol. The topological polar surface area (TPSA) is 66.4 Å². The Morgan fingerprint density at radius 3 is 2.33 bits per heavy atom. The van der Waals surface area contributed by atoms with Crippen molar-refractivity contribution in [2.45, 2.75) is 39.8 Å². The lowest BCUT2D eigenvalue weighted by molar-refractivity contribution is -0.121. The van der Waals surface area contributed by atoms with E-state index in [1.54, 1.807) is 6.07 Å². The Kier molecular flexibility index (Phi) is 6.27. The summed E-state index contributed by atoms with van der Waals surface area (Å²) in [5.41, 5.74) is 4.55. The maximum atomic E-state index is 12.2. The fourth-order valence-corrected chi connectivity index (χ4v) is 2.45. The van der Waals surface area contributed by atoms with Gasteiger partial charge in [-0.1, -0.05) is 36.4 Å². The van der Waals surface area contributed by atoms with Crippen LogP contribution in [0.15, 0.2) is 42.5 Å². The predicted molar refractivity (Wildman–Crippen MR) is 93.7 cm³/mol. The number of aryl methyl sites for hydroxylation is 2. The van der Waals surface area contributed by atoms with Crippen LogP contribution in [0.1, 0.15) is 45.5 Å². The van der Waals surface area contributed by atoms with Crippen LogP contribution in [0.2, 0.25) is 0 Å². The number of nitrogens with one attached hydrogen (secondary N) is 1. The summed E-state index contributed by atoms with van der Waals surface area (Å²) >= 11 is 0. The van der Waals surface area contributed by atoms with Crippen LogP contribution in [-0.4, -0.2) is 16.8 Å². The van der Waals surface area contributed by atoms with Crippen molar-refractivity contribution in [3.63, 3.8) is 0 Å². The molecule has 0 aliphatic heterocycles. The molecule has 0 atom stereocenters. The summed E-state index contributed by atoms with van der Waals surface area (Å²) in [6.07, 6.45) is 0.350. The molecule has 1 amide bonds. The molecule has 126 valence electrons. The van der Waals surface area contributed by atoms with Gasteiger partial charge < -0.3 is 10.4 Å². The summed E-state index contributed by atoms with van der Waals surface area (Å²) in [6.45, 7) is 4.27. The molecule has 0 aromatic heterocycles. The second kappa shape index (κ2) is 8.41. The van der Waals surface area contributed by atoms with Crippen LogP contribution in [0.3, 0.4) is 0 Å². The minimum atomic E-state index is -0.167. The molecule has 0 aliphatic carbocycles. The maximum absolute atomic E-state index is 12.2. The van der Waals surface area contributed by atoms with Crippen LogP contribution in [-0.2, 0) is 17.9 Å². The molecule has 4 nitrogen and oxygen atoms in total. The molecule has 0 spiro atoms. The van der Waals surface area contributed by atoms with Crippen molar-refractivity contribution in [2.75, 3.05) is 0 Å². The van der Waals surface area contributed by atoms with Crippen LogP contribution >= 0.6 is 0 Å². The largest absolute Gasteiger partial charge is 0.392 e. The molecule has 2 aromatic carbocycles. The maximum Gasteiger partial charge on any atom is 0.220 e. The summed E-state index contributed by atoms with van der Waals surface area (Å²) in [5, 5.41) is 12.1. The lowest BCUT2D eigenvalue weighted by Crippen LogP contribution is -2.23. The van der Waals surface area contributed by atoms with E-state index >= 15 is 0 Å². The van der Waals surface area contributed by atoms with E-state index in [2.05, 4.69) is 5.32 Å².